The molecule has 0 radical (unpaired) electrons. The average molecular weight is 357 g/mol. The van der Waals surface area contributed by atoms with Gasteiger partial charge in [-0.2, -0.15) is 5.10 Å². The van der Waals surface area contributed by atoms with E-state index in [4.69, 9.17) is 16.3 Å². The van der Waals surface area contributed by atoms with E-state index in [1.54, 1.807) is 41.2 Å². The SMILES string of the molecule is COc1cc(C(=O)Nc2ccc(-n3nc(C)cc3C)nc2)ccc1Cl. The van der Waals surface area contributed by atoms with Crippen molar-refractivity contribution in [2.24, 2.45) is 0 Å². The van der Waals surface area contributed by atoms with Crippen LogP contribution in [0, 0.1) is 13.8 Å². The number of hydrogen-bond acceptors (Lipinski definition) is 4. The summed E-state index contributed by atoms with van der Waals surface area (Å²) in [6.45, 7) is 3.89. The number of carbonyl (C=O) groups excluding carboxylic acids is 1. The Hall–Kier alpha value is -2.86. The van der Waals surface area contributed by atoms with Gasteiger partial charge in [0.1, 0.15) is 5.75 Å². The number of anilines is 1. The molecule has 0 aliphatic heterocycles. The molecule has 0 bridgehead atoms. The summed E-state index contributed by atoms with van der Waals surface area (Å²) in [5.41, 5.74) is 2.96. The summed E-state index contributed by atoms with van der Waals surface area (Å²) >= 11 is 5.98. The highest BCUT2D eigenvalue weighted by atomic mass is 35.5. The number of ether oxygens (including phenoxy) is 1. The van der Waals surface area contributed by atoms with Crippen molar-refractivity contribution in [3.05, 3.63) is 64.6 Å². The predicted molar refractivity (Wildman–Crippen MR) is 96.8 cm³/mol. The number of hydrogen-bond donors (Lipinski definition) is 1. The lowest BCUT2D eigenvalue weighted by Gasteiger charge is -2.09. The minimum Gasteiger partial charge on any atom is -0.495 e. The first kappa shape index (κ1) is 17.0. The highest BCUT2D eigenvalue weighted by Gasteiger charge is 2.11. The first-order valence-corrected chi connectivity index (χ1v) is 8.00. The van der Waals surface area contributed by atoms with Gasteiger partial charge in [0.2, 0.25) is 0 Å². The lowest BCUT2D eigenvalue weighted by atomic mass is 10.2. The zero-order chi connectivity index (χ0) is 18.0. The second-order valence-electron chi connectivity index (χ2n) is 5.55. The van der Waals surface area contributed by atoms with E-state index < -0.39 is 0 Å². The first-order valence-electron chi connectivity index (χ1n) is 7.62. The van der Waals surface area contributed by atoms with Gasteiger partial charge in [-0.05, 0) is 50.2 Å². The molecule has 2 aromatic heterocycles. The van der Waals surface area contributed by atoms with Gasteiger partial charge in [0.15, 0.2) is 5.82 Å². The molecule has 0 fully saturated rings. The topological polar surface area (TPSA) is 69.0 Å². The van der Waals surface area contributed by atoms with Gasteiger partial charge in [-0.25, -0.2) is 9.67 Å². The van der Waals surface area contributed by atoms with Gasteiger partial charge in [-0.1, -0.05) is 11.6 Å². The number of methoxy groups -OCH3 is 1. The Morgan fingerprint density at radius 2 is 2.00 bits per heavy atom. The van der Waals surface area contributed by atoms with Crippen molar-refractivity contribution in [3.63, 3.8) is 0 Å². The predicted octanol–water partition coefficient (Wildman–Crippen LogP) is 3.80. The number of nitrogens with zero attached hydrogens (tertiary/aromatic N) is 3. The van der Waals surface area contributed by atoms with Crippen LogP contribution in [0.25, 0.3) is 5.82 Å². The lowest BCUT2D eigenvalue weighted by molar-refractivity contribution is 0.102. The summed E-state index contributed by atoms with van der Waals surface area (Å²) < 4.78 is 6.88. The molecular weight excluding hydrogens is 340 g/mol. The van der Waals surface area contributed by atoms with Crippen molar-refractivity contribution in [2.45, 2.75) is 13.8 Å². The number of rotatable bonds is 4. The van der Waals surface area contributed by atoms with Gasteiger partial charge in [-0.3, -0.25) is 4.79 Å². The van der Waals surface area contributed by atoms with E-state index >= 15 is 0 Å². The summed E-state index contributed by atoms with van der Waals surface area (Å²) in [4.78, 5) is 16.7. The highest BCUT2D eigenvalue weighted by molar-refractivity contribution is 6.32. The molecule has 128 valence electrons. The normalized spacial score (nSPS) is 10.6. The van der Waals surface area contributed by atoms with E-state index in [0.29, 0.717) is 27.8 Å². The van der Waals surface area contributed by atoms with Gasteiger partial charge >= 0.3 is 0 Å². The zero-order valence-corrected chi connectivity index (χ0v) is 14.8. The van der Waals surface area contributed by atoms with E-state index in [-0.39, 0.29) is 5.91 Å². The van der Waals surface area contributed by atoms with Crippen LogP contribution < -0.4 is 10.1 Å². The molecule has 3 rings (SSSR count). The van der Waals surface area contributed by atoms with Crippen LogP contribution in [0.3, 0.4) is 0 Å². The number of benzene rings is 1. The second kappa shape index (κ2) is 6.94. The molecular formula is C18H17ClN4O2. The standard InChI is InChI=1S/C18H17ClN4O2/c1-11-8-12(2)23(22-11)17-7-5-14(10-20-17)21-18(24)13-4-6-15(19)16(9-13)25-3/h4-10H,1-3H3,(H,21,24). The van der Waals surface area contributed by atoms with Crippen LogP contribution in [0.4, 0.5) is 5.69 Å². The molecule has 1 amide bonds. The molecule has 0 aliphatic rings. The Kier molecular flexibility index (Phi) is 4.72. The Balaban J connectivity index is 1.77. The minimum atomic E-state index is -0.268. The average Bonchev–Trinajstić information content (AvgIpc) is 2.94. The fourth-order valence-electron chi connectivity index (χ4n) is 2.45. The summed E-state index contributed by atoms with van der Waals surface area (Å²) in [7, 11) is 1.50. The molecule has 2 heterocycles. The van der Waals surface area contributed by atoms with Crippen LogP contribution in [-0.4, -0.2) is 27.8 Å². The summed E-state index contributed by atoms with van der Waals surface area (Å²) in [5.74, 6) is 0.875. The van der Waals surface area contributed by atoms with E-state index in [2.05, 4.69) is 15.4 Å². The first-order chi connectivity index (χ1) is 12.0. The molecule has 0 unspecified atom stereocenters. The second-order valence-corrected chi connectivity index (χ2v) is 5.95. The molecule has 0 saturated carbocycles. The third-order valence-electron chi connectivity index (χ3n) is 3.65. The van der Waals surface area contributed by atoms with Crippen molar-refractivity contribution in [1.82, 2.24) is 14.8 Å². The van der Waals surface area contributed by atoms with Crippen LogP contribution in [0.15, 0.2) is 42.6 Å². The molecule has 3 aromatic rings. The number of nitrogens with one attached hydrogen (secondary N) is 1. The number of amides is 1. The van der Waals surface area contributed by atoms with Crippen molar-refractivity contribution in [3.8, 4) is 11.6 Å². The van der Waals surface area contributed by atoms with E-state index in [9.17, 15) is 4.79 Å². The quantitative estimate of drug-likeness (QED) is 0.772. The molecule has 6 nitrogen and oxygen atoms in total. The molecule has 0 spiro atoms. The molecule has 0 saturated heterocycles. The maximum Gasteiger partial charge on any atom is 0.255 e. The van der Waals surface area contributed by atoms with Crippen LogP contribution >= 0.6 is 11.6 Å². The smallest absolute Gasteiger partial charge is 0.255 e. The summed E-state index contributed by atoms with van der Waals surface area (Å²) in [6.07, 6.45) is 1.59. The minimum absolute atomic E-state index is 0.268. The number of halogens is 1. The fraction of sp³-hybridized carbons (Fsp3) is 0.167. The van der Waals surface area contributed by atoms with Gasteiger partial charge < -0.3 is 10.1 Å². The molecule has 7 heteroatoms. The van der Waals surface area contributed by atoms with Gasteiger partial charge in [-0.15, -0.1) is 0 Å². The van der Waals surface area contributed by atoms with E-state index in [1.807, 2.05) is 19.9 Å². The van der Waals surface area contributed by atoms with Gasteiger partial charge in [0.05, 0.1) is 29.7 Å². The van der Waals surface area contributed by atoms with Crippen LogP contribution in [0.1, 0.15) is 21.7 Å². The largest absolute Gasteiger partial charge is 0.495 e. The number of pyridine rings is 1. The number of aryl methyl sites for hydroxylation is 2. The van der Waals surface area contributed by atoms with Gasteiger partial charge in [0.25, 0.3) is 5.91 Å². The monoisotopic (exact) mass is 356 g/mol. The maximum absolute atomic E-state index is 12.4. The Labute approximate surface area is 150 Å². The third kappa shape index (κ3) is 3.64. The Morgan fingerprint density at radius 3 is 2.60 bits per heavy atom. The van der Waals surface area contributed by atoms with Crippen molar-refractivity contribution in [1.29, 1.82) is 0 Å². The van der Waals surface area contributed by atoms with Crippen molar-refractivity contribution < 1.29 is 9.53 Å². The maximum atomic E-state index is 12.4. The lowest BCUT2D eigenvalue weighted by Crippen LogP contribution is -2.12. The summed E-state index contributed by atoms with van der Waals surface area (Å²) in [6, 6.07) is 10.4. The van der Waals surface area contributed by atoms with Gasteiger partial charge in [0, 0.05) is 11.3 Å². The fourth-order valence-corrected chi connectivity index (χ4v) is 2.65. The molecule has 0 atom stereocenters. The number of aromatic nitrogens is 3. The van der Waals surface area contributed by atoms with Crippen molar-refractivity contribution >= 4 is 23.2 Å². The van der Waals surface area contributed by atoms with E-state index in [0.717, 1.165) is 11.4 Å². The van der Waals surface area contributed by atoms with E-state index in [1.165, 1.54) is 7.11 Å². The third-order valence-corrected chi connectivity index (χ3v) is 3.96. The van der Waals surface area contributed by atoms with Crippen LogP contribution in [-0.2, 0) is 0 Å². The van der Waals surface area contributed by atoms with Crippen molar-refractivity contribution in [2.75, 3.05) is 12.4 Å². The molecule has 1 aromatic carbocycles. The van der Waals surface area contributed by atoms with Crippen LogP contribution in [0.5, 0.6) is 5.75 Å². The van der Waals surface area contributed by atoms with Crippen LogP contribution in [0.2, 0.25) is 5.02 Å². The highest BCUT2D eigenvalue weighted by Crippen LogP contribution is 2.25. The number of carbonyl (C=O) groups is 1. The molecule has 1 N–H and O–H groups in total. The molecule has 0 aliphatic carbocycles. The zero-order valence-electron chi connectivity index (χ0n) is 14.1. The Bertz CT molecular complexity index is 919. The summed E-state index contributed by atoms with van der Waals surface area (Å²) in [5, 5.41) is 7.64. The molecule has 25 heavy (non-hydrogen) atoms. The Morgan fingerprint density at radius 1 is 1.20 bits per heavy atom.